The lowest BCUT2D eigenvalue weighted by Gasteiger charge is -2.05. The summed E-state index contributed by atoms with van der Waals surface area (Å²) < 4.78 is 8.72. The zero-order valence-electron chi connectivity index (χ0n) is 13.1. The Balaban J connectivity index is 1.73. The predicted octanol–water partition coefficient (Wildman–Crippen LogP) is 3.69. The summed E-state index contributed by atoms with van der Waals surface area (Å²) >= 11 is 6.24. The molecule has 122 valence electrons. The van der Waals surface area contributed by atoms with Gasteiger partial charge in [0.25, 0.3) is 0 Å². The smallest absolute Gasteiger partial charge is 0.217 e. The molecule has 4 heterocycles. The van der Waals surface area contributed by atoms with Gasteiger partial charge in [0.2, 0.25) is 5.82 Å². The number of fused-ring (bicyclic) bond motifs is 3. The number of hydrogen-bond acceptors (Lipinski definition) is 5. The summed E-state index contributed by atoms with van der Waals surface area (Å²) in [6, 6.07) is 9.39. The number of furan rings is 1. The predicted molar refractivity (Wildman–Crippen MR) is 92.9 cm³/mol. The molecule has 7 nitrogen and oxygen atoms in total. The van der Waals surface area contributed by atoms with Crippen molar-refractivity contribution >= 4 is 28.3 Å². The second-order valence-electron chi connectivity index (χ2n) is 5.65. The maximum Gasteiger partial charge on any atom is 0.217 e. The molecule has 0 unspecified atom stereocenters. The lowest BCUT2D eigenvalue weighted by Crippen LogP contribution is -1.99. The maximum atomic E-state index is 6.24. The van der Waals surface area contributed by atoms with Crippen LogP contribution in [0.5, 0.6) is 0 Å². The second-order valence-corrected chi connectivity index (χ2v) is 6.06. The number of nitrogens with zero attached hydrogens (tertiary/aromatic N) is 6. The van der Waals surface area contributed by atoms with E-state index in [2.05, 4.69) is 20.2 Å². The van der Waals surface area contributed by atoms with Gasteiger partial charge >= 0.3 is 0 Å². The summed E-state index contributed by atoms with van der Waals surface area (Å²) in [6.45, 7) is 1.96. The Hall–Kier alpha value is -3.19. The first-order valence-corrected chi connectivity index (χ1v) is 7.98. The van der Waals surface area contributed by atoms with Crippen molar-refractivity contribution in [3.8, 4) is 17.3 Å². The largest absolute Gasteiger partial charge is 0.461 e. The fourth-order valence-electron chi connectivity index (χ4n) is 2.73. The van der Waals surface area contributed by atoms with E-state index >= 15 is 0 Å². The van der Waals surface area contributed by atoms with Crippen LogP contribution in [0.25, 0.3) is 34.0 Å². The molecule has 0 atom stereocenters. The van der Waals surface area contributed by atoms with Crippen LogP contribution in [0.15, 0.2) is 53.5 Å². The standard InChI is InChI=1S/C17H11ClN6O/c1-10-4-5-11(7-13(10)18)24-16-12(8-20-24)17-21-15(14-3-2-6-25-14)22-23(17)9-19-16/h2-9H,1H3. The first kappa shape index (κ1) is 14.2. The summed E-state index contributed by atoms with van der Waals surface area (Å²) in [5.74, 6) is 1.11. The molecular formula is C17H11ClN6O. The molecule has 8 heteroatoms. The van der Waals surface area contributed by atoms with Crippen molar-refractivity contribution in [3.63, 3.8) is 0 Å². The molecular weight excluding hydrogens is 340 g/mol. The van der Waals surface area contributed by atoms with Gasteiger partial charge in [-0.3, -0.25) is 0 Å². The monoisotopic (exact) mass is 350 g/mol. The molecule has 0 saturated carbocycles. The van der Waals surface area contributed by atoms with Crippen LogP contribution in [0.2, 0.25) is 5.02 Å². The van der Waals surface area contributed by atoms with Crippen molar-refractivity contribution in [1.29, 1.82) is 0 Å². The van der Waals surface area contributed by atoms with Crippen LogP contribution in [0, 0.1) is 6.92 Å². The molecule has 1 aromatic carbocycles. The van der Waals surface area contributed by atoms with E-state index in [0.29, 0.717) is 27.9 Å². The molecule has 4 aromatic heterocycles. The van der Waals surface area contributed by atoms with Crippen LogP contribution in [-0.4, -0.2) is 29.4 Å². The van der Waals surface area contributed by atoms with Gasteiger partial charge < -0.3 is 4.42 Å². The number of hydrogen-bond donors (Lipinski definition) is 0. The van der Waals surface area contributed by atoms with E-state index in [1.54, 1.807) is 34.1 Å². The van der Waals surface area contributed by atoms with E-state index in [4.69, 9.17) is 16.0 Å². The Bertz CT molecular complexity index is 1220. The molecule has 0 saturated heterocycles. The van der Waals surface area contributed by atoms with E-state index in [1.165, 1.54) is 0 Å². The van der Waals surface area contributed by atoms with Gasteiger partial charge in [0.1, 0.15) is 6.33 Å². The fourth-order valence-corrected chi connectivity index (χ4v) is 2.91. The summed E-state index contributed by atoms with van der Waals surface area (Å²) in [6.07, 6.45) is 4.94. The van der Waals surface area contributed by atoms with Crippen molar-refractivity contribution in [1.82, 2.24) is 29.4 Å². The van der Waals surface area contributed by atoms with Crippen molar-refractivity contribution in [3.05, 3.63) is 59.7 Å². The molecule has 0 aliphatic carbocycles. The minimum Gasteiger partial charge on any atom is -0.461 e. The Kier molecular flexibility index (Phi) is 2.92. The third-order valence-electron chi connectivity index (χ3n) is 4.05. The third kappa shape index (κ3) is 2.13. The first-order valence-electron chi connectivity index (χ1n) is 7.60. The normalized spacial score (nSPS) is 11.6. The Morgan fingerprint density at radius 2 is 2.08 bits per heavy atom. The number of rotatable bonds is 2. The number of aromatic nitrogens is 6. The molecule has 5 aromatic rings. The molecule has 0 aliphatic rings. The van der Waals surface area contributed by atoms with Crippen molar-refractivity contribution in [2.45, 2.75) is 6.92 Å². The first-order chi connectivity index (χ1) is 12.2. The maximum absolute atomic E-state index is 6.24. The molecule has 0 N–H and O–H groups in total. The van der Waals surface area contributed by atoms with Gasteiger partial charge in [-0.15, -0.1) is 5.10 Å². The highest BCUT2D eigenvalue weighted by Gasteiger charge is 2.15. The summed E-state index contributed by atoms with van der Waals surface area (Å²) in [7, 11) is 0. The summed E-state index contributed by atoms with van der Waals surface area (Å²) in [4.78, 5) is 9.04. The van der Waals surface area contributed by atoms with Crippen molar-refractivity contribution in [2.24, 2.45) is 0 Å². The molecule has 0 bridgehead atoms. The van der Waals surface area contributed by atoms with Crippen LogP contribution in [-0.2, 0) is 0 Å². The minimum atomic E-state index is 0.505. The number of aryl methyl sites for hydroxylation is 1. The third-order valence-corrected chi connectivity index (χ3v) is 4.45. The Labute approximate surface area is 146 Å². The van der Waals surface area contributed by atoms with Gasteiger partial charge in [-0.05, 0) is 36.8 Å². The lowest BCUT2D eigenvalue weighted by atomic mass is 10.2. The molecule has 0 fully saturated rings. The lowest BCUT2D eigenvalue weighted by molar-refractivity contribution is 0.577. The van der Waals surface area contributed by atoms with Gasteiger partial charge in [-0.2, -0.15) is 5.10 Å². The van der Waals surface area contributed by atoms with Gasteiger partial charge in [0.05, 0.1) is 23.5 Å². The average molecular weight is 351 g/mol. The van der Waals surface area contributed by atoms with Crippen LogP contribution >= 0.6 is 11.6 Å². The average Bonchev–Trinajstić information content (AvgIpc) is 3.34. The van der Waals surface area contributed by atoms with Gasteiger partial charge in [-0.1, -0.05) is 17.7 Å². The van der Waals surface area contributed by atoms with Crippen molar-refractivity contribution in [2.75, 3.05) is 0 Å². The molecule has 5 rings (SSSR count). The van der Waals surface area contributed by atoms with Gasteiger partial charge in [0.15, 0.2) is 17.1 Å². The molecule has 0 aliphatic heterocycles. The molecule has 0 radical (unpaired) electrons. The molecule has 0 amide bonds. The van der Waals surface area contributed by atoms with Crippen LogP contribution in [0.3, 0.4) is 0 Å². The summed E-state index contributed by atoms with van der Waals surface area (Å²) in [5, 5.41) is 10.3. The molecule has 0 spiro atoms. The minimum absolute atomic E-state index is 0.505. The quantitative estimate of drug-likeness (QED) is 0.485. The van der Waals surface area contributed by atoms with E-state index in [1.807, 2.05) is 31.2 Å². The highest BCUT2D eigenvalue weighted by atomic mass is 35.5. The van der Waals surface area contributed by atoms with E-state index in [9.17, 15) is 0 Å². The highest BCUT2D eigenvalue weighted by molar-refractivity contribution is 6.31. The summed E-state index contributed by atoms with van der Waals surface area (Å²) in [5.41, 5.74) is 3.21. The fraction of sp³-hybridized carbons (Fsp3) is 0.0588. The van der Waals surface area contributed by atoms with Crippen LogP contribution in [0.4, 0.5) is 0 Å². The SMILES string of the molecule is Cc1ccc(-n2ncc3c2ncn2nc(-c4ccco4)nc32)cc1Cl. The topological polar surface area (TPSA) is 74.0 Å². The number of halogens is 1. The van der Waals surface area contributed by atoms with E-state index < -0.39 is 0 Å². The zero-order valence-corrected chi connectivity index (χ0v) is 13.8. The zero-order chi connectivity index (χ0) is 17.0. The van der Waals surface area contributed by atoms with Gasteiger partial charge in [0, 0.05) is 5.02 Å². The van der Waals surface area contributed by atoms with E-state index in [0.717, 1.165) is 16.6 Å². The number of benzene rings is 1. The molecule has 25 heavy (non-hydrogen) atoms. The van der Waals surface area contributed by atoms with Gasteiger partial charge in [-0.25, -0.2) is 19.2 Å². The highest BCUT2D eigenvalue weighted by Crippen LogP contribution is 2.25. The van der Waals surface area contributed by atoms with Crippen LogP contribution in [0.1, 0.15) is 5.56 Å². The van der Waals surface area contributed by atoms with Crippen LogP contribution < -0.4 is 0 Å². The Morgan fingerprint density at radius 3 is 2.88 bits per heavy atom. The van der Waals surface area contributed by atoms with E-state index in [-0.39, 0.29) is 0 Å². The Morgan fingerprint density at radius 1 is 1.16 bits per heavy atom. The van der Waals surface area contributed by atoms with Crippen molar-refractivity contribution < 1.29 is 4.42 Å². The second kappa shape index (κ2) is 5.15.